The summed E-state index contributed by atoms with van der Waals surface area (Å²) in [5.41, 5.74) is 10.9. The van der Waals surface area contributed by atoms with Crippen molar-refractivity contribution in [3.63, 3.8) is 0 Å². The number of hydrogen-bond acceptors (Lipinski definition) is 3. The van der Waals surface area contributed by atoms with E-state index in [2.05, 4.69) is 41.4 Å². The molecular weight excluding hydrogens is 379 g/mol. The third-order valence-corrected chi connectivity index (χ3v) is 5.08. The Hall–Kier alpha value is -3.78. The average Bonchev–Trinajstić information content (AvgIpc) is 3.07. The van der Waals surface area contributed by atoms with E-state index in [9.17, 15) is 9.18 Å². The van der Waals surface area contributed by atoms with Gasteiger partial charge in [-0.1, -0.05) is 60.4 Å². The number of hydrogen-bond donors (Lipinski definition) is 2. The van der Waals surface area contributed by atoms with Crippen molar-refractivity contribution in [2.45, 2.75) is 12.3 Å². The molecule has 0 fully saturated rings. The molecule has 0 unspecified atom stereocenters. The van der Waals surface area contributed by atoms with Gasteiger partial charge in [0, 0.05) is 24.6 Å². The maximum absolute atomic E-state index is 13.7. The average molecular weight is 400 g/mol. The Kier molecular flexibility index (Phi) is 5.67. The third-order valence-electron chi connectivity index (χ3n) is 5.08. The lowest BCUT2D eigenvalue weighted by Gasteiger charge is -2.14. The zero-order valence-electron chi connectivity index (χ0n) is 16.3. The molecule has 0 radical (unpaired) electrons. The number of amides is 1. The standard InChI is InChI=1S/C25H21FN2O2/c26-24-15-18(27)13-12-17(24)7-5-6-14-28-25(29)30-16-23-21-10-3-1-8-19(21)20-9-2-4-11-22(20)23/h1-4,8-13,15,23H,6,14,16,27H2,(H,28,29). The second-order valence-corrected chi connectivity index (χ2v) is 7.04. The van der Waals surface area contributed by atoms with Crippen LogP contribution in [0.1, 0.15) is 29.0 Å². The summed E-state index contributed by atoms with van der Waals surface area (Å²) in [5.74, 6) is 5.15. The molecule has 0 saturated heterocycles. The van der Waals surface area contributed by atoms with Gasteiger partial charge in [0.1, 0.15) is 12.4 Å². The Labute approximate surface area is 174 Å². The van der Waals surface area contributed by atoms with Crippen molar-refractivity contribution in [1.82, 2.24) is 5.32 Å². The predicted molar refractivity (Wildman–Crippen MR) is 115 cm³/mol. The van der Waals surface area contributed by atoms with Gasteiger partial charge >= 0.3 is 6.09 Å². The van der Waals surface area contributed by atoms with E-state index in [1.807, 2.05) is 24.3 Å². The van der Waals surface area contributed by atoms with Gasteiger partial charge in [0.05, 0.1) is 5.56 Å². The minimum absolute atomic E-state index is 0.0245. The zero-order valence-corrected chi connectivity index (χ0v) is 16.3. The lowest BCUT2D eigenvalue weighted by Crippen LogP contribution is -2.26. The molecule has 1 aliphatic carbocycles. The van der Waals surface area contributed by atoms with E-state index < -0.39 is 11.9 Å². The lowest BCUT2D eigenvalue weighted by molar-refractivity contribution is 0.143. The largest absolute Gasteiger partial charge is 0.449 e. The van der Waals surface area contributed by atoms with Crippen molar-refractivity contribution in [1.29, 1.82) is 0 Å². The van der Waals surface area contributed by atoms with Crippen LogP contribution in [0.4, 0.5) is 14.9 Å². The zero-order chi connectivity index (χ0) is 20.9. The number of carbonyl (C=O) groups is 1. The molecule has 0 heterocycles. The van der Waals surface area contributed by atoms with Crippen LogP contribution in [0.15, 0.2) is 66.7 Å². The predicted octanol–water partition coefficient (Wildman–Crippen LogP) is 4.69. The fourth-order valence-corrected chi connectivity index (χ4v) is 3.67. The quantitative estimate of drug-likeness (QED) is 0.379. The Bertz CT molecular complexity index is 1100. The summed E-state index contributed by atoms with van der Waals surface area (Å²) in [6.07, 6.45) is -0.106. The molecule has 150 valence electrons. The molecule has 4 nitrogen and oxygen atoms in total. The summed E-state index contributed by atoms with van der Waals surface area (Å²) < 4.78 is 19.1. The van der Waals surface area contributed by atoms with Crippen molar-refractivity contribution in [2.24, 2.45) is 0 Å². The number of ether oxygens (including phenoxy) is 1. The first-order valence-corrected chi connectivity index (χ1v) is 9.76. The van der Waals surface area contributed by atoms with Crippen molar-refractivity contribution in [3.8, 4) is 23.0 Å². The van der Waals surface area contributed by atoms with Gasteiger partial charge in [-0.25, -0.2) is 9.18 Å². The molecule has 3 N–H and O–H groups in total. The molecule has 1 aliphatic rings. The number of carbonyl (C=O) groups excluding carboxylic acids is 1. The Balaban J connectivity index is 1.29. The summed E-state index contributed by atoms with van der Waals surface area (Å²) in [6, 6.07) is 20.7. The first kappa shape index (κ1) is 19.5. The normalized spacial score (nSPS) is 11.8. The Morgan fingerprint density at radius 3 is 2.37 bits per heavy atom. The highest BCUT2D eigenvalue weighted by atomic mass is 19.1. The number of alkyl carbamates (subject to hydrolysis) is 1. The molecule has 30 heavy (non-hydrogen) atoms. The summed E-state index contributed by atoms with van der Waals surface area (Å²) in [7, 11) is 0. The molecule has 0 saturated carbocycles. The van der Waals surface area contributed by atoms with Gasteiger partial charge in [0.15, 0.2) is 0 Å². The Morgan fingerprint density at radius 1 is 1.03 bits per heavy atom. The molecule has 3 aromatic carbocycles. The molecule has 3 aromatic rings. The van der Waals surface area contributed by atoms with Gasteiger partial charge < -0.3 is 15.8 Å². The third kappa shape index (κ3) is 4.13. The van der Waals surface area contributed by atoms with Gasteiger partial charge in [0.2, 0.25) is 0 Å². The van der Waals surface area contributed by atoms with Crippen LogP contribution in [0.3, 0.4) is 0 Å². The van der Waals surface area contributed by atoms with Crippen LogP contribution in [-0.4, -0.2) is 19.2 Å². The maximum atomic E-state index is 13.7. The number of nitrogen functional groups attached to an aromatic ring is 1. The smallest absolute Gasteiger partial charge is 0.407 e. The molecule has 0 bridgehead atoms. The SMILES string of the molecule is Nc1ccc(C#CCCNC(=O)OCC2c3ccccc3-c3ccccc32)c(F)c1. The summed E-state index contributed by atoms with van der Waals surface area (Å²) >= 11 is 0. The highest BCUT2D eigenvalue weighted by Gasteiger charge is 2.28. The van der Waals surface area contributed by atoms with Gasteiger partial charge in [-0.3, -0.25) is 0 Å². The number of nitrogens with two attached hydrogens (primary N) is 1. The lowest BCUT2D eigenvalue weighted by atomic mass is 9.98. The number of nitrogens with one attached hydrogen (secondary N) is 1. The minimum Gasteiger partial charge on any atom is -0.449 e. The van der Waals surface area contributed by atoms with Crippen molar-refractivity contribution in [2.75, 3.05) is 18.9 Å². The van der Waals surface area contributed by atoms with Gasteiger partial charge in [-0.15, -0.1) is 0 Å². The van der Waals surface area contributed by atoms with E-state index in [4.69, 9.17) is 10.5 Å². The van der Waals surface area contributed by atoms with Crippen molar-refractivity contribution < 1.29 is 13.9 Å². The van der Waals surface area contributed by atoms with Crippen molar-refractivity contribution >= 4 is 11.8 Å². The summed E-state index contributed by atoms with van der Waals surface area (Å²) in [6.45, 7) is 0.586. The Morgan fingerprint density at radius 2 is 1.70 bits per heavy atom. The molecular formula is C25H21FN2O2. The topological polar surface area (TPSA) is 64.3 Å². The molecule has 1 amide bonds. The molecule has 0 aromatic heterocycles. The fourth-order valence-electron chi connectivity index (χ4n) is 3.67. The molecule has 5 heteroatoms. The first-order valence-electron chi connectivity index (χ1n) is 9.76. The number of benzene rings is 3. The summed E-state index contributed by atoms with van der Waals surface area (Å²) in [4.78, 5) is 12.1. The van der Waals surface area contributed by atoms with E-state index in [1.165, 1.54) is 34.4 Å². The molecule has 4 rings (SSSR count). The van der Waals surface area contributed by atoms with Crippen LogP contribution < -0.4 is 11.1 Å². The van der Waals surface area contributed by atoms with Crippen molar-refractivity contribution in [3.05, 3.63) is 89.2 Å². The van der Waals surface area contributed by atoms with Crippen LogP contribution in [0.2, 0.25) is 0 Å². The monoisotopic (exact) mass is 400 g/mol. The number of rotatable bonds is 4. The van der Waals surface area contributed by atoms with E-state index in [0.717, 1.165) is 0 Å². The molecule has 0 atom stereocenters. The maximum Gasteiger partial charge on any atom is 0.407 e. The minimum atomic E-state index is -0.489. The van der Waals surface area contributed by atoms with E-state index in [0.29, 0.717) is 18.7 Å². The second-order valence-electron chi connectivity index (χ2n) is 7.04. The van der Waals surface area contributed by atoms with Gasteiger partial charge in [0.25, 0.3) is 0 Å². The summed E-state index contributed by atoms with van der Waals surface area (Å²) in [5, 5.41) is 2.69. The van der Waals surface area contributed by atoms with Crippen LogP contribution >= 0.6 is 0 Å². The van der Waals surface area contributed by atoms with Crippen LogP contribution in [-0.2, 0) is 4.74 Å². The van der Waals surface area contributed by atoms with Crippen LogP contribution in [0.5, 0.6) is 0 Å². The fraction of sp³-hybridized carbons (Fsp3) is 0.160. The highest BCUT2D eigenvalue weighted by molar-refractivity contribution is 5.79. The molecule has 0 aliphatic heterocycles. The number of halogens is 1. The van der Waals surface area contributed by atoms with Crippen LogP contribution in [0, 0.1) is 17.7 Å². The van der Waals surface area contributed by atoms with Gasteiger partial charge in [-0.2, -0.15) is 0 Å². The van der Waals surface area contributed by atoms with Crippen LogP contribution in [0.25, 0.3) is 11.1 Å². The van der Waals surface area contributed by atoms with E-state index in [-0.39, 0.29) is 18.1 Å². The van der Waals surface area contributed by atoms with Gasteiger partial charge in [-0.05, 0) is 40.5 Å². The highest BCUT2D eigenvalue weighted by Crippen LogP contribution is 2.44. The van der Waals surface area contributed by atoms with E-state index >= 15 is 0 Å². The second kappa shape index (κ2) is 8.71. The number of fused-ring (bicyclic) bond motifs is 3. The number of anilines is 1. The first-order chi connectivity index (χ1) is 14.6. The molecule has 0 spiro atoms. The van der Waals surface area contributed by atoms with E-state index in [1.54, 1.807) is 6.07 Å².